The van der Waals surface area contributed by atoms with Gasteiger partial charge in [0.2, 0.25) is 0 Å². The maximum atomic E-state index is 12.2. The van der Waals surface area contributed by atoms with Gasteiger partial charge in [-0.2, -0.15) is 0 Å². The minimum absolute atomic E-state index is 0.0442. The van der Waals surface area contributed by atoms with Crippen LogP contribution in [-0.2, 0) is 4.74 Å². The van der Waals surface area contributed by atoms with Crippen LogP contribution in [0.2, 0.25) is 0 Å². The number of nitrogens with one attached hydrogen (secondary N) is 1. The summed E-state index contributed by atoms with van der Waals surface area (Å²) >= 11 is 0. The Labute approximate surface area is 117 Å². The van der Waals surface area contributed by atoms with Crippen LogP contribution in [0.5, 0.6) is 0 Å². The van der Waals surface area contributed by atoms with Gasteiger partial charge in [-0.1, -0.05) is 0 Å². The van der Waals surface area contributed by atoms with Crippen molar-refractivity contribution in [2.75, 3.05) is 6.61 Å². The van der Waals surface area contributed by atoms with Gasteiger partial charge in [-0.3, -0.25) is 4.79 Å². The molecular formula is C15H19NO4. The highest BCUT2D eigenvalue weighted by molar-refractivity contribution is 5.97. The fourth-order valence-electron chi connectivity index (χ4n) is 2.42. The molecule has 1 fully saturated rings. The number of aromatic carboxylic acids is 1. The molecule has 108 valence electrons. The minimum atomic E-state index is -1.03. The number of benzene rings is 1. The molecule has 2 N–H and O–H groups in total. The van der Waals surface area contributed by atoms with Crippen molar-refractivity contribution in [3.8, 4) is 0 Å². The quantitative estimate of drug-likeness (QED) is 0.882. The molecule has 2 atom stereocenters. The number of carbonyl (C=O) groups excluding carboxylic acids is 1. The van der Waals surface area contributed by atoms with Crippen molar-refractivity contribution in [1.82, 2.24) is 5.32 Å². The molecule has 1 aliphatic heterocycles. The zero-order valence-electron chi connectivity index (χ0n) is 11.7. The second-order valence-electron chi connectivity index (χ2n) is 5.21. The summed E-state index contributed by atoms with van der Waals surface area (Å²) < 4.78 is 5.53. The van der Waals surface area contributed by atoms with Gasteiger partial charge in [0.15, 0.2) is 0 Å². The van der Waals surface area contributed by atoms with Crippen molar-refractivity contribution in [2.45, 2.75) is 38.8 Å². The van der Waals surface area contributed by atoms with Gasteiger partial charge in [-0.05, 0) is 50.5 Å². The maximum Gasteiger partial charge on any atom is 0.335 e. The Bertz CT molecular complexity index is 521. The number of amides is 1. The predicted molar refractivity (Wildman–Crippen MR) is 74.0 cm³/mol. The Morgan fingerprint density at radius 2 is 2.05 bits per heavy atom. The van der Waals surface area contributed by atoms with E-state index in [1.54, 1.807) is 19.1 Å². The molecule has 20 heavy (non-hydrogen) atoms. The molecule has 0 radical (unpaired) electrons. The maximum absolute atomic E-state index is 12.2. The van der Waals surface area contributed by atoms with E-state index in [1.165, 1.54) is 6.07 Å². The molecule has 5 heteroatoms. The van der Waals surface area contributed by atoms with E-state index in [9.17, 15) is 9.59 Å². The molecule has 0 aliphatic carbocycles. The molecule has 1 aromatic rings. The zero-order valence-corrected chi connectivity index (χ0v) is 11.7. The van der Waals surface area contributed by atoms with Crippen LogP contribution in [0.15, 0.2) is 18.2 Å². The largest absolute Gasteiger partial charge is 0.478 e. The summed E-state index contributed by atoms with van der Waals surface area (Å²) in [7, 11) is 0. The molecule has 2 rings (SSSR count). The van der Waals surface area contributed by atoms with Gasteiger partial charge in [-0.25, -0.2) is 4.79 Å². The van der Waals surface area contributed by atoms with Gasteiger partial charge in [0.1, 0.15) is 0 Å². The summed E-state index contributed by atoms with van der Waals surface area (Å²) in [4.78, 5) is 23.2. The van der Waals surface area contributed by atoms with Crippen molar-refractivity contribution < 1.29 is 19.4 Å². The smallest absolute Gasteiger partial charge is 0.335 e. The Balaban J connectivity index is 2.10. The van der Waals surface area contributed by atoms with E-state index in [1.807, 2.05) is 6.92 Å². The van der Waals surface area contributed by atoms with Gasteiger partial charge in [-0.15, -0.1) is 0 Å². The lowest BCUT2D eigenvalue weighted by atomic mass is 10.0. The normalized spacial score (nSPS) is 19.6. The second kappa shape index (κ2) is 6.05. The van der Waals surface area contributed by atoms with Gasteiger partial charge in [0.05, 0.1) is 17.7 Å². The van der Waals surface area contributed by atoms with Crippen LogP contribution in [0, 0.1) is 6.92 Å². The third-order valence-electron chi connectivity index (χ3n) is 3.47. The number of rotatable bonds is 4. The lowest BCUT2D eigenvalue weighted by molar-refractivity contribution is 0.0696. The molecule has 0 aromatic heterocycles. The minimum Gasteiger partial charge on any atom is -0.478 e. The van der Waals surface area contributed by atoms with Crippen LogP contribution in [0.1, 0.15) is 46.0 Å². The number of carboxylic acids is 1. The van der Waals surface area contributed by atoms with Crippen LogP contribution in [0.3, 0.4) is 0 Å². The highest BCUT2D eigenvalue weighted by Crippen LogP contribution is 2.16. The molecule has 0 spiro atoms. The molecule has 0 saturated carbocycles. The molecule has 0 bridgehead atoms. The highest BCUT2D eigenvalue weighted by Gasteiger charge is 2.24. The first kappa shape index (κ1) is 14.5. The third-order valence-corrected chi connectivity index (χ3v) is 3.47. The van der Waals surface area contributed by atoms with E-state index in [2.05, 4.69) is 5.32 Å². The average molecular weight is 277 g/mol. The number of hydrogen-bond acceptors (Lipinski definition) is 3. The number of carboxylic acid groups (broad SMARTS) is 1. The van der Waals surface area contributed by atoms with Crippen molar-refractivity contribution in [1.29, 1.82) is 0 Å². The van der Waals surface area contributed by atoms with E-state index in [0.29, 0.717) is 5.56 Å². The summed E-state index contributed by atoms with van der Waals surface area (Å²) in [5, 5.41) is 11.9. The predicted octanol–water partition coefficient (Wildman–Crippen LogP) is 1.99. The van der Waals surface area contributed by atoms with Crippen molar-refractivity contribution in [3.05, 3.63) is 34.9 Å². The van der Waals surface area contributed by atoms with Gasteiger partial charge in [0.25, 0.3) is 5.91 Å². The molecule has 1 aliphatic rings. The van der Waals surface area contributed by atoms with Crippen LogP contribution in [-0.4, -0.2) is 35.7 Å². The highest BCUT2D eigenvalue weighted by atomic mass is 16.5. The van der Waals surface area contributed by atoms with Gasteiger partial charge < -0.3 is 15.2 Å². The van der Waals surface area contributed by atoms with Gasteiger partial charge in [0, 0.05) is 12.2 Å². The molecule has 1 heterocycles. The summed E-state index contributed by atoms with van der Waals surface area (Å²) in [6.07, 6.45) is 2.00. The van der Waals surface area contributed by atoms with Crippen molar-refractivity contribution in [3.63, 3.8) is 0 Å². The number of aryl methyl sites for hydroxylation is 1. The molecule has 2 unspecified atom stereocenters. The summed E-state index contributed by atoms with van der Waals surface area (Å²) in [6.45, 7) is 4.41. The molecule has 5 nitrogen and oxygen atoms in total. The Hall–Kier alpha value is -1.88. The summed E-state index contributed by atoms with van der Waals surface area (Å²) in [5.41, 5.74) is 1.24. The first-order chi connectivity index (χ1) is 9.47. The van der Waals surface area contributed by atoms with E-state index in [0.717, 1.165) is 25.0 Å². The monoisotopic (exact) mass is 277 g/mol. The standard InChI is InChI=1S/C15H19NO4/c1-9-6-11(8-12(7-9)15(18)19)14(17)16-10(2)13-4-3-5-20-13/h6-8,10,13H,3-5H2,1-2H3,(H,16,17)(H,18,19). The molecule has 1 amide bonds. The summed E-state index contributed by atoms with van der Waals surface area (Å²) in [6, 6.07) is 4.54. The first-order valence-corrected chi connectivity index (χ1v) is 6.75. The van der Waals surface area contributed by atoms with E-state index < -0.39 is 5.97 Å². The SMILES string of the molecule is Cc1cc(C(=O)O)cc(C(=O)NC(C)C2CCCO2)c1. The Kier molecular flexibility index (Phi) is 4.39. The third kappa shape index (κ3) is 3.36. The van der Waals surface area contributed by atoms with Crippen LogP contribution in [0.25, 0.3) is 0 Å². The molecule has 1 saturated heterocycles. The van der Waals surface area contributed by atoms with Crippen molar-refractivity contribution in [2.24, 2.45) is 0 Å². The number of hydrogen-bond donors (Lipinski definition) is 2. The van der Waals surface area contributed by atoms with Crippen LogP contribution < -0.4 is 5.32 Å². The van der Waals surface area contributed by atoms with E-state index >= 15 is 0 Å². The lowest BCUT2D eigenvalue weighted by Gasteiger charge is -2.20. The Morgan fingerprint density at radius 3 is 2.65 bits per heavy atom. The number of ether oxygens (including phenoxy) is 1. The number of carbonyl (C=O) groups is 2. The van der Waals surface area contributed by atoms with Crippen LogP contribution >= 0.6 is 0 Å². The second-order valence-corrected chi connectivity index (χ2v) is 5.21. The Morgan fingerprint density at radius 1 is 1.35 bits per heavy atom. The van der Waals surface area contributed by atoms with E-state index in [4.69, 9.17) is 9.84 Å². The summed E-state index contributed by atoms with van der Waals surface area (Å²) in [5.74, 6) is -1.30. The topological polar surface area (TPSA) is 75.6 Å². The fraction of sp³-hybridized carbons (Fsp3) is 0.467. The molecule has 1 aromatic carbocycles. The van der Waals surface area contributed by atoms with Crippen LogP contribution in [0.4, 0.5) is 0 Å². The molecular weight excluding hydrogens is 258 g/mol. The average Bonchev–Trinajstić information content (AvgIpc) is 2.91. The van der Waals surface area contributed by atoms with Crippen molar-refractivity contribution >= 4 is 11.9 Å². The lowest BCUT2D eigenvalue weighted by Crippen LogP contribution is -2.40. The first-order valence-electron chi connectivity index (χ1n) is 6.75. The van der Waals surface area contributed by atoms with Gasteiger partial charge >= 0.3 is 5.97 Å². The van der Waals surface area contributed by atoms with E-state index in [-0.39, 0.29) is 23.6 Å². The fourth-order valence-corrected chi connectivity index (χ4v) is 2.42. The zero-order chi connectivity index (χ0) is 14.7.